The number of hydrogen-bond donors (Lipinski definition) is 1. The molecule has 7 nitrogen and oxygen atoms in total. The first-order chi connectivity index (χ1) is 16.7. The molecule has 4 aromatic rings. The minimum atomic E-state index is 0.387. The van der Waals surface area contributed by atoms with E-state index in [4.69, 9.17) is 21.1 Å². The third kappa shape index (κ3) is 6.29. The first-order valence-corrected chi connectivity index (χ1v) is 12.7. The molecule has 0 unspecified atom stereocenters. The number of tetrazole rings is 1. The highest BCUT2D eigenvalue weighted by Crippen LogP contribution is 2.37. The van der Waals surface area contributed by atoms with E-state index in [2.05, 4.69) is 36.8 Å². The van der Waals surface area contributed by atoms with E-state index in [1.807, 2.05) is 66.7 Å². The van der Waals surface area contributed by atoms with Crippen LogP contribution in [-0.4, -0.2) is 39.6 Å². The number of aromatic nitrogens is 4. The molecule has 0 atom stereocenters. The van der Waals surface area contributed by atoms with E-state index in [1.165, 1.54) is 0 Å². The molecule has 34 heavy (non-hydrogen) atoms. The van der Waals surface area contributed by atoms with Crippen LogP contribution in [0.5, 0.6) is 11.5 Å². The fourth-order valence-electron chi connectivity index (χ4n) is 3.28. The van der Waals surface area contributed by atoms with Crippen LogP contribution in [0.2, 0.25) is 5.02 Å². The second-order valence-corrected chi connectivity index (χ2v) is 9.56. The van der Waals surface area contributed by atoms with E-state index in [0.29, 0.717) is 29.7 Å². The third-order valence-corrected chi connectivity index (χ3v) is 6.81. The number of thioether (sulfide) groups is 1. The zero-order chi connectivity index (χ0) is 23.8. The molecule has 1 heterocycles. The smallest absolute Gasteiger partial charge is 0.214 e. The summed E-state index contributed by atoms with van der Waals surface area (Å²) in [4.78, 5) is 0. The summed E-state index contributed by atoms with van der Waals surface area (Å²) in [6, 6.07) is 21.3. The Hall–Kier alpha value is -2.59. The van der Waals surface area contributed by atoms with Crippen molar-refractivity contribution < 1.29 is 9.47 Å². The van der Waals surface area contributed by atoms with Crippen LogP contribution in [0.15, 0.2) is 76.4 Å². The van der Waals surface area contributed by atoms with Crippen molar-refractivity contribution in [2.75, 3.05) is 19.4 Å². The van der Waals surface area contributed by atoms with E-state index in [0.717, 1.165) is 38.7 Å². The van der Waals surface area contributed by atoms with Gasteiger partial charge in [0.25, 0.3) is 0 Å². The second kappa shape index (κ2) is 12.2. The summed E-state index contributed by atoms with van der Waals surface area (Å²) in [7, 11) is 1.64. The summed E-state index contributed by atoms with van der Waals surface area (Å²) in [5.41, 5.74) is 2.91. The van der Waals surface area contributed by atoms with E-state index in [1.54, 1.807) is 23.6 Å². The maximum Gasteiger partial charge on any atom is 0.214 e. The molecule has 0 aliphatic carbocycles. The lowest BCUT2D eigenvalue weighted by atomic mass is 10.1. The van der Waals surface area contributed by atoms with Gasteiger partial charge in [-0.25, -0.2) is 0 Å². The molecular formula is C24H23BrClN5O2S. The zero-order valence-corrected chi connectivity index (χ0v) is 21.6. The van der Waals surface area contributed by atoms with Gasteiger partial charge in [-0.05, 0) is 52.4 Å². The van der Waals surface area contributed by atoms with E-state index in [-0.39, 0.29) is 0 Å². The highest BCUT2D eigenvalue weighted by Gasteiger charge is 2.15. The molecule has 4 rings (SSSR count). The van der Waals surface area contributed by atoms with E-state index >= 15 is 0 Å². The fourth-order valence-corrected chi connectivity index (χ4v) is 4.73. The van der Waals surface area contributed by atoms with Gasteiger partial charge in [0.1, 0.15) is 6.61 Å². The molecule has 0 radical (unpaired) electrons. The molecule has 0 bridgehead atoms. The number of rotatable bonds is 11. The Balaban J connectivity index is 1.36. The predicted molar refractivity (Wildman–Crippen MR) is 138 cm³/mol. The number of methoxy groups -OCH3 is 1. The highest BCUT2D eigenvalue weighted by atomic mass is 79.9. The highest BCUT2D eigenvalue weighted by molar-refractivity contribution is 9.10. The fraction of sp³-hybridized carbons (Fsp3) is 0.208. The van der Waals surface area contributed by atoms with Crippen LogP contribution < -0.4 is 14.8 Å². The van der Waals surface area contributed by atoms with Crippen molar-refractivity contribution in [2.24, 2.45) is 0 Å². The Bertz CT molecular complexity index is 1230. The van der Waals surface area contributed by atoms with Gasteiger partial charge in [-0.3, -0.25) is 0 Å². The maximum atomic E-state index is 6.17. The lowest BCUT2D eigenvalue weighted by Gasteiger charge is -2.17. The SMILES string of the molecule is COc1ccc(Br)c(CNCCSc2nnnn2-c2ccccc2)c1OCc1cccc(Cl)c1. The Morgan fingerprint density at radius 1 is 1.09 bits per heavy atom. The lowest BCUT2D eigenvalue weighted by molar-refractivity contribution is 0.280. The van der Waals surface area contributed by atoms with Crippen LogP contribution in [0, 0.1) is 0 Å². The average molecular weight is 561 g/mol. The number of nitrogens with one attached hydrogen (secondary N) is 1. The lowest BCUT2D eigenvalue weighted by Crippen LogP contribution is -2.18. The monoisotopic (exact) mass is 559 g/mol. The molecule has 0 amide bonds. The van der Waals surface area contributed by atoms with Gasteiger partial charge < -0.3 is 14.8 Å². The predicted octanol–water partition coefficient (Wildman–Crippen LogP) is 5.55. The molecule has 176 valence electrons. The molecule has 10 heteroatoms. The largest absolute Gasteiger partial charge is 0.493 e. The van der Waals surface area contributed by atoms with Gasteiger partial charge in [0.05, 0.1) is 12.8 Å². The van der Waals surface area contributed by atoms with Gasteiger partial charge in [-0.15, -0.1) is 5.10 Å². The molecule has 0 spiro atoms. The van der Waals surface area contributed by atoms with Crippen molar-refractivity contribution in [3.63, 3.8) is 0 Å². The topological polar surface area (TPSA) is 74.1 Å². The number of nitrogens with zero attached hydrogens (tertiary/aromatic N) is 4. The van der Waals surface area contributed by atoms with Gasteiger partial charge >= 0.3 is 0 Å². The van der Waals surface area contributed by atoms with Gasteiger partial charge in [0, 0.05) is 33.9 Å². The summed E-state index contributed by atoms with van der Waals surface area (Å²) in [5.74, 6) is 2.18. The summed E-state index contributed by atoms with van der Waals surface area (Å²) < 4.78 is 14.4. The van der Waals surface area contributed by atoms with E-state index in [9.17, 15) is 0 Å². The van der Waals surface area contributed by atoms with Crippen LogP contribution in [0.25, 0.3) is 5.69 Å². The Morgan fingerprint density at radius 3 is 2.74 bits per heavy atom. The van der Waals surface area contributed by atoms with Crippen molar-refractivity contribution in [3.05, 3.63) is 87.4 Å². The standard InChI is InChI=1S/C24H23BrClN5O2S/c1-32-22-11-10-21(25)20(23(22)33-16-17-6-5-7-18(26)14-17)15-27-12-13-34-24-28-29-30-31(24)19-8-3-2-4-9-19/h2-11,14,27H,12-13,15-16H2,1H3. The van der Waals surface area contributed by atoms with Crippen molar-refractivity contribution >= 4 is 39.3 Å². The van der Waals surface area contributed by atoms with Crippen molar-refractivity contribution in [3.8, 4) is 17.2 Å². The third-order valence-electron chi connectivity index (χ3n) is 4.91. The van der Waals surface area contributed by atoms with Crippen LogP contribution in [-0.2, 0) is 13.2 Å². The summed E-state index contributed by atoms with van der Waals surface area (Å²) in [6.07, 6.45) is 0. The van der Waals surface area contributed by atoms with Gasteiger partial charge in [-0.1, -0.05) is 69.6 Å². The average Bonchev–Trinajstić information content (AvgIpc) is 3.33. The molecule has 3 aromatic carbocycles. The molecule has 0 saturated heterocycles. The molecular weight excluding hydrogens is 538 g/mol. The van der Waals surface area contributed by atoms with E-state index < -0.39 is 0 Å². The van der Waals surface area contributed by atoms with Crippen LogP contribution in [0.1, 0.15) is 11.1 Å². The summed E-state index contributed by atoms with van der Waals surface area (Å²) in [6.45, 7) is 1.74. The van der Waals surface area contributed by atoms with Crippen LogP contribution in [0.3, 0.4) is 0 Å². The maximum absolute atomic E-state index is 6.17. The molecule has 1 N–H and O–H groups in total. The molecule has 1 aromatic heterocycles. The molecule has 0 saturated carbocycles. The van der Waals surface area contributed by atoms with Crippen LogP contribution >= 0.6 is 39.3 Å². The Labute approximate surface area is 215 Å². The first kappa shape index (κ1) is 24.5. The molecule has 0 aliphatic heterocycles. The number of ether oxygens (including phenoxy) is 2. The van der Waals surface area contributed by atoms with Gasteiger partial charge in [-0.2, -0.15) is 4.68 Å². The zero-order valence-electron chi connectivity index (χ0n) is 18.4. The van der Waals surface area contributed by atoms with Crippen LogP contribution in [0.4, 0.5) is 0 Å². The first-order valence-electron chi connectivity index (χ1n) is 10.6. The quantitative estimate of drug-likeness (QED) is 0.190. The minimum absolute atomic E-state index is 0.387. The number of benzene rings is 3. The van der Waals surface area contributed by atoms with Gasteiger partial charge in [0.2, 0.25) is 5.16 Å². The van der Waals surface area contributed by atoms with Gasteiger partial charge in [0.15, 0.2) is 11.5 Å². The number of para-hydroxylation sites is 1. The molecule has 0 aliphatic rings. The van der Waals surface area contributed by atoms with Crippen molar-refractivity contribution in [1.29, 1.82) is 0 Å². The van der Waals surface area contributed by atoms with Crippen molar-refractivity contribution in [2.45, 2.75) is 18.3 Å². The minimum Gasteiger partial charge on any atom is -0.493 e. The van der Waals surface area contributed by atoms with Crippen molar-refractivity contribution in [1.82, 2.24) is 25.5 Å². The summed E-state index contributed by atoms with van der Waals surface area (Å²) in [5, 5.41) is 17.0. The number of hydrogen-bond acceptors (Lipinski definition) is 7. The molecule has 0 fully saturated rings. The number of halogens is 2. The summed E-state index contributed by atoms with van der Waals surface area (Å²) >= 11 is 11.4. The Morgan fingerprint density at radius 2 is 1.94 bits per heavy atom. The Kier molecular flexibility index (Phi) is 8.81. The second-order valence-electron chi connectivity index (χ2n) is 7.21. The normalized spacial score (nSPS) is 10.9.